The van der Waals surface area contributed by atoms with E-state index in [9.17, 15) is 5.11 Å². The summed E-state index contributed by atoms with van der Waals surface area (Å²) >= 11 is 0. The van der Waals surface area contributed by atoms with Gasteiger partial charge in [-0.15, -0.1) is 0 Å². The second-order valence-electron chi connectivity index (χ2n) is 4.36. The molecule has 1 aliphatic carbocycles. The Bertz CT molecular complexity index is 361. The number of nitrogens with one attached hydrogen (secondary N) is 1. The molecule has 1 aromatic rings. The van der Waals surface area contributed by atoms with Crippen LogP contribution in [0.3, 0.4) is 0 Å². The predicted molar refractivity (Wildman–Crippen MR) is 60.7 cm³/mol. The highest BCUT2D eigenvalue weighted by atomic mass is 16.3. The van der Waals surface area contributed by atoms with Crippen LogP contribution in [0.2, 0.25) is 0 Å². The molecule has 2 rings (SSSR count). The van der Waals surface area contributed by atoms with E-state index in [1.165, 1.54) is 0 Å². The second-order valence-corrected chi connectivity index (χ2v) is 4.36. The molecule has 0 radical (unpaired) electrons. The number of pyridine rings is 1. The number of aliphatic hydroxyl groups is 1. The van der Waals surface area contributed by atoms with Crippen LogP contribution in [0.4, 0.5) is 11.5 Å². The van der Waals surface area contributed by atoms with Crippen molar-refractivity contribution in [1.82, 2.24) is 4.98 Å². The number of nitrogens with zero attached hydrogens (tertiary/aromatic N) is 1. The number of nitrogen functional groups attached to an aromatic ring is 1. The normalized spacial score (nSPS) is 18.3. The molecular formula is C11H17N3O. The first-order chi connectivity index (χ1) is 7.09. The fourth-order valence-corrected chi connectivity index (χ4v) is 1.65. The molecule has 1 fully saturated rings. The predicted octanol–water partition coefficient (Wildman–Crippen LogP) is 1.30. The maximum Gasteiger partial charge on any atom is 0.128 e. The van der Waals surface area contributed by atoms with E-state index in [2.05, 4.69) is 10.3 Å². The first kappa shape index (κ1) is 10.2. The van der Waals surface area contributed by atoms with Gasteiger partial charge in [0.2, 0.25) is 0 Å². The molecule has 0 bridgehead atoms. The van der Waals surface area contributed by atoms with E-state index in [4.69, 9.17) is 5.73 Å². The molecule has 1 aromatic heterocycles. The molecule has 0 atom stereocenters. The maximum atomic E-state index is 9.87. The van der Waals surface area contributed by atoms with Gasteiger partial charge in [0.25, 0.3) is 0 Å². The SMILES string of the molecule is Cc1cnc(NCC2(O)CCC2)cc1N. The lowest BCUT2D eigenvalue weighted by Gasteiger charge is -2.36. The number of aromatic nitrogens is 1. The summed E-state index contributed by atoms with van der Waals surface area (Å²) < 4.78 is 0. The largest absolute Gasteiger partial charge is 0.398 e. The lowest BCUT2D eigenvalue weighted by Crippen LogP contribution is -2.43. The van der Waals surface area contributed by atoms with Gasteiger partial charge in [-0.25, -0.2) is 4.98 Å². The number of aryl methyl sites for hydroxylation is 1. The summed E-state index contributed by atoms with van der Waals surface area (Å²) in [5.41, 5.74) is 6.94. The van der Waals surface area contributed by atoms with E-state index in [1.54, 1.807) is 12.3 Å². The maximum absolute atomic E-state index is 9.87. The lowest BCUT2D eigenvalue weighted by molar-refractivity contribution is -0.0202. The Morgan fingerprint density at radius 2 is 2.33 bits per heavy atom. The molecule has 0 saturated heterocycles. The Balaban J connectivity index is 1.96. The smallest absolute Gasteiger partial charge is 0.128 e. The summed E-state index contributed by atoms with van der Waals surface area (Å²) in [6.45, 7) is 2.48. The van der Waals surface area contributed by atoms with Crippen LogP contribution < -0.4 is 11.1 Å². The summed E-state index contributed by atoms with van der Waals surface area (Å²) in [6, 6.07) is 1.80. The van der Waals surface area contributed by atoms with Gasteiger partial charge in [0.05, 0.1) is 5.60 Å². The summed E-state index contributed by atoms with van der Waals surface area (Å²) in [5, 5.41) is 13.0. The quantitative estimate of drug-likeness (QED) is 0.698. The minimum Gasteiger partial charge on any atom is -0.398 e. The minimum absolute atomic E-state index is 0.526. The van der Waals surface area contributed by atoms with Gasteiger partial charge in [-0.05, 0) is 31.7 Å². The highest BCUT2D eigenvalue weighted by Crippen LogP contribution is 2.31. The standard InChI is InChI=1S/C11H17N3O/c1-8-6-13-10(5-9(8)12)14-7-11(15)3-2-4-11/h5-6,15H,2-4,7H2,1H3,(H3,12,13,14). The van der Waals surface area contributed by atoms with Crippen molar-refractivity contribution >= 4 is 11.5 Å². The Morgan fingerprint density at radius 3 is 2.87 bits per heavy atom. The summed E-state index contributed by atoms with van der Waals surface area (Å²) in [6.07, 6.45) is 4.60. The number of hydrogen-bond donors (Lipinski definition) is 3. The van der Waals surface area contributed by atoms with E-state index in [0.717, 1.165) is 36.3 Å². The summed E-state index contributed by atoms with van der Waals surface area (Å²) in [5.74, 6) is 0.735. The van der Waals surface area contributed by atoms with Gasteiger partial charge in [-0.2, -0.15) is 0 Å². The number of anilines is 2. The molecule has 1 aliphatic rings. The third-order valence-corrected chi connectivity index (χ3v) is 3.03. The van der Waals surface area contributed by atoms with E-state index in [0.29, 0.717) is 6.54 Å². The van der Waals surface area contributed by atoms with Gasteiger partial charge in [0.15, 0.2) is 0 Å². The van der Waals surface area contributed by atoms with Gasteiger partial charge < -0.3 is 16.2 Å². The fourth-order valence-electron chi connectivity index (χ4n) is 1.65. The van der Waals surface area contributed by atoms with Gasteiger partial charge in [0, 0.05) is 24.5 Å². The Morgan fingerprint density at radius 1 is 1.60 bits per heavy atom. The van der Waals surface area contributed by atoms with Gasteiger partial charge in [-0.1, -0.05) is 0 Å². The molecule has 0 unspecified atom stereocenters. The van der Waals surface area contributed by atoms with Crippen LogP contribution in [-0.4, -0.2) is 22.2 Å². The van der Waals surface area contributed by atoms with E-state index < -0.39 is 5.60 Å². The number of hydrogen-bond acceptors (Lipinski definition) is 4. The molecule has 15 heavy (non-hydrogen) atoms. The molecule has 0 aliphatic heterocycles. The zero-order chi connectivity index (χ0) is 10.9. The number of nitrogens with two attached hydrogens (primary N) is 1. The van der Waals surface area contributed by atoms with Crippen molar-refractivity contribution in [2.75, 3.05) is 17.6 Å². The van der Waals surface area contributed by atoms with Gasteiger partial charge >= 0.3 is 0 Å². The molecule has 0 spiro atoms. The van der Waals surface area contributed by atoms with Crippen molar-refractivity contribution < 1.29 is 5.11 Å². The molecular weight excluding hydrogens is 190 g/mol. The van der Waals surface area contributed by atoms with Crippen molar-refractivity contribution in [1.29, 1.82) is 0 Å². The fraction of sp³-hybridized carbons (Fsp3) is 0.545. The van der Waals surface area contributed by atoms with E-state index in [1.807, 2.05) is 6.92 Å². The van der Waals surface area contributed by atoms with Crippen LogP contribution in [0, 0.1) is 6.92 Å². The average molecular weight is 207 g/mol. The molecule has 82 valence electrons. The van der Waals surface area contributed by atoms with E-state index >= 15 is 0 Å². The molecule has 4 N–H and O–H groups in total. The minimum atomic E-state index is -0.526. The molecule has 0 aromatic carbocycles. The van der Waals surface area contributed by atoms with Gasteiger partial charge in [0.1, 0.15) is 5.82 Å². The number of rotatable bonds is 3. The van der Waals surface area contributed by atoms with Gasteiger partial charge in [-0.3, -0.25) is 0 Å². The zero-order valence-corrected chi connectivity index (χ0v) is 8.95. The highest BCUT2D eigenvalue weighted by molar-refractivity contribution is 5.53. The molecule has 1 heterocycles. The third kappa shape index (κ3) is 2.21. The second kappa shape index (κ2) is 3.70. The lowest BCUT2D eigenvalue weighted by atomic mass is 9.80. The monoisotopic (exact) mass is 207 g/mol. The molecule has 4 heteroatoms. The van der Waals surface area contributed by atoms with Crippen molar-refractivity contribution in [3.05, 3.63) is 17.8 Å². The summed E-state index contributed by atoms with van der Waals surface area (Å²) in [4.78, 5) is 4.20. The van der Waals surface area contributed by atoms with Crippen LogP contribution in [0.1, 0.15) is 24.8 Å². The topological polar surface area (TPSA) is 71.2 Å². The van der Waals surface area contributed by atoms with Crippen LogP contribution in [0.5, 0.6) is 0 Å². The molecule has 4 nitrogen and oxygen atoms in total. The Kier molecular flexibility index (Phi) is 2.52. The highest BCUT2D eigenvalue weighted by Gasteiger charge is 2.33. The van der Waals surface area contributed by atoms with Crippen molar-refractivity contribution in [2.45, 2.75) is 31.8 Å². The third-order valence-electron chi connectivity index (χ3n) is 3.03. The summed E-state index contributed by atoms with van der Waals surface area (Å²) in [7, 11) is 0. The van der Waals surface area contributed by atoms with E-state index in [-0.39, 0.29) is 0 Å². The first-order valence-electron chi connectivity index (χ1n) is 5.27. The van der Waals surface area contributed by atoms with Crippen molar-refractivity contribution in [3.8, 4) is 0 Å². The zero-order valence-electron chi connectivity index (χ0n) is 8.95. The van der Waals surface area contributed by atoms with Crippen LogP contribution in [0.15, 0.2) is 12.3 Å². The van der Waals surface area contributed by atoms with Crippen LogP contribution >= 0.6 is 0 Å². The average Bonchev–Trinajstić information content (AvgIpc) is 2.17. The Labute approximate surface area is 89.5 Å². The Hall–Kier alpha value is -1.29. The van der Waals surface area contributed by atoms with Crippen LogP contribution in [0.25, 0.3) is 0 Å². The molecule has 0 amide bonds. The van der Waals surface area contributed by atoms with Crippen molar-refractivity contribution in [3.63, 3.8) is 0 Å². The van der Waals surface area contributed by atoms with Crippen molar-refractivity contribution in [2.24, 2.45) is 0 Å². The first-order valence-corrected chi connectivity index (χ1v) is 5.27. The van der Waals surface area contributed by atoms with Crippen LogP contribution in [-0.2, 0) is 0 Å². The molecule has 1 saturated carbocycles.